The molecule has 4 aromatic rings. The lowest BCUT2D eigenvalue weighted by Crippen LogP contribution is -2.21. The Kier molecular flexibility index (Phi) is 7.77. The summed E-state index contributed by atoms with van der Waals surface area (Å²) in [5.41, 5.74) is 4.40. The van der Waals surface area contributed by atoms with Crippen LogP contribution < -0.4 is 20.3 Å². The summed E-state index contributed by atoms with van der Waals surface area (Å²) in [6, 6.07) is 18.6. The third-order valence-corrected chi connectivity index (χ3v) is 6.76. The minimum absolute atomic E-state index is 0.131. The second kappa shape index (κ2) is 11.0. The SMILES string of the molecule is COc1cc(/C=C/c2c(Cl)cccc2Cl)c(CNc2c(C)n(C)n(-c3ccccc3)c2=O)c(OC)c1. The molecule has 8 heteroatoms. The molecule has 0 aliphatic rings. The number of nitrogens with one attached hydrogen (secondary N) is 1. The Bertz CT molecular complexity index is 1450. The largest absolute Gasteiger partial charge is 0.497 e. The molecule has 0 radical (unpaired) electrons. The predicted molar refractivity (Wildman–Crippen MR) is 148 cm³/mol. The summed E-state index contributed by atoms with van der Waals surface area (Å²) < 4.78 is 14.6. The second-order valence-electron chi connectivity index (χ2n) is 8.16. The summed E-state index contributed by atoms with van der Waals surface area (Å²) in [7, 11) is 5.07. The van der Waals surface area contributed by atoms with Crippen molar-refractivity contribution in [2.75, 3.05) is 19.5 Å². The van der Waals surface area contributed by atoms with Gasteiger partial charge in [0.15, 0.2) is 0 Å². The highest BCUT2D eigenvalue weighted by Gasteiger charge is 2.18. The minimum atomic E-state index is -0.131. The van der Waals surface area contributed by atoms with Crippen molar-refractivity contribution in [1.29, 1.82) is 0 Å². The molecule has 0 atom stereocenters. The van der Waals surface area contributed by atoms with Gasteiger partial charge in [-0.1, -0.05) is 59.6 Å². The van der Waals surface area contributed by atoms with E-state index >= 15 is 0 Å². The predicted octanol–water partition coefficient (Wildman–Crippen LogP) is 6.59. The van der Waals surface area contributed by atoms with E-state index < -0.39 is 0 Å². The Balaban J connectivity index is 1.74. The molecule has 1 heterocycles. The maximum Gasteiger partial charge on any atom is 0.295 e. The number of halogens is 2. The summed E-state index contributed by atoms with van der Waals surface area (Å²) in [4.78, 5) is 13.3. The molecule has 0 saturated heterocycles. The highest BCUT2D eigenvalue weighted by Crippen LogP contribution is 2.32. The highest BCUT2D eigenvalue weighted by atomic mass is 35.5. The van der Waals surface area contributed by atoms with Crippen LogP contribution in [0.5, 0.6) is 11.5 Å². The summed E-state index contributed by atoms with van der Waals surface area (Å²) in [6.45, 7) is 2.26. The molecule has 0 bridgehead atoms. The normalized spacial score (nSPS) is 11.2. The van der Waals surface area contributed by atoms with E-state index in [1.165, 1.54) is 0 Å². The average Bonchev–Trinajstić information content (AvgIpc) is 3.10. The van der Waals surface area contributed by atoms with Gasteiger partial charge in [0.25, 0.3) is 5.56 Å². The fraction of sp³-hybridized carbons (Fsp3) is 0.179. The lowest BCUT2D eigenvalue weighted by molar-refractivity contribution is 0.391. The van der Waals surface area contributed by atoms with Gasteiger partial charge in [0.05, 0.1) is 25.6 Å². The number of rotatable bonds is 8. The number of ether oxygens (including phenoxy) is 2. The zero-order valence-electron chi connectivity index (χ0n) is 20.5. The molecule has 36 heavy (non-hydrogen) atoms. The smallest absolute Gasteiger partial charge is 0.295 e. The van der Waals surface area contributed by atoms with Gasteiger partial charge in [0.1, 0.15) is 17.2 Å². The van der Waals surface area contributed by atoms with E-state index in [9.17, 15) is 4.79 Å². The molecular formula is C28H27Cl2N3O3. The van der Waals surface area contributed by atoms with Crippen LogP contribution in [0.1, 0.15) is 22.4 Å². The van der Waals surface area contributed by atoms with Crippen LogP contribution in [0.25, 0.3) is 17.8 Å². The highest BCUT2D eigenvalue weighted by molar-refractivity contribution is 6.37. The summed E-state index contributed by atoms with van der Waals surface area (Å²) in [5, 5.41) is 4.44. The van der Waals surface area contributed by atoms with Crippen LogP contribution in [0.4, 0.5) is 5.69 Å². The first kappa shape index (κ1) is 25.5. The molecule has 1 aromatic heterocycles. The van der Waals surface area contributed by atoms with Crippen molar-refractivity contribution < 1.29 is 9.47 Å². The van der Waals surface area contributed by atoms with E-state index in [-0.39, 0.29) is 5.56 Å². The minimum Gasteiger partial charge on any atom is -0.497 e. The molecule has 186 valence electrons. The van der Waals surface area contributed by atoms with Crippen LogP contribution in [0.2, 0.25) is 10.0 Å². The van der Waals surface area contributed by atoms with Crippen LogP contribution >= 0.6 is 23.2 Å². The number of methoxy groups -OCH3 is 2. The van der Waals surface area contributed by atoms with Crippen LogP contribution in [0.3, 0.4) is 0 Å². The number of hydrogen-bond acceptors (Lipinski definition) is 4. The maximum absolute atomic E-state index is 13.3. The first-order valence-corrected chi connectivity index (χ1v) is 12.1. The quantitative estimate of drug-likeness (QED) is 0.264. The molecule has 3 aromatic carbocycles. The fourth-order valence-electron chi connectivity index (χ4n) is 4.07. The Labute approximate surface area is 220 Å². The Morgan fingerprint density at radius 3 is 2.28 bits per heavy atom. The number of anilines is 1. The number of nitrogens with zero attached hydrogens (tertiary/aromatic N) is 2. The van der Waals surface area contributed by atoms with Crippen molar-refractivity contribution in [1.82, 2.24) is 9.36 Å². The van der Waals surface area contributed by atoms with E-state index in [4.69, 9.17) is 32.7 Å². The van der Waals surface area contributed by atoms with Gasteiger partial charge < -0.3 is 14.8 Å². The van der Waals surface area contributed by atoms with Gasteiger partial charge in [-0.15, -0.1) is 0 Å². The first-order valence-electron chi connectivity index (χ1n) is 11.3. The second-order valence-corrected chi connectivity index (χ2v) is 8.97. The number of hydrogen-bond donors (Lipinski definition) is 1. The van der Waals surface area contributed by atoms with E-state index in [1.807, 2.05) is 73.3 Å². The van der Waals surface area contributed by atoms with Crippen LogP contribution in [0.15, 0.2) is 65.5 Å². The van der Waals surface area contributed by atoms with Crippen molar-refractivity contribution >= 4 is 41.0 Å². The third-order valence-electron chi connectivity index (χ3n) is 6.10. The van der Waals surface area contributed by atoms with Gasteiger partial charge in [-0.3, -0.25) is 9.48 Å². The molecule has 0 aliphatic carbocycles. The van der Waals surface area contributed by atoms with E-state index in [0.717, 1.165) is 22.5 Å². The topological polar surface area (TPSA) is 57.4 Å². The zero-order valence-corrected chi connectivity index (χ0v) is 22.0. The van der Waals surface area contributed by atoms with Gasteiger partial charge in [-0.05, 0) is 42.8 Å². The van der Waals surface area contributed by atoms with Crippen molar-refractivity contribution in [3.63, 3.8) is 0 Å². The first-order chi connectivity index (χ1) is 17.3. The van der Waals surface area contributed by atoms with Gasteiger partial charge >= 0.3 is 0 Å². The Hall–Kier alpha value is -3.61. The lowest BCUT2D eigenvalue weighted by Gasteiger charge is -2.15. The molecule has 0 fully saturated rings. The molecule has 0 unspecified atom stereocenters. The molecule has 1 N–H and O–H groups in total. The van der Waals surface area contributed by atoms with Crippen molar-refractivity contribution in [2.24, 2.45) is 7.05 Å². The molecule has 4 rings (SSSR count). The number of aromatic nitrogens is 2. The summed E-state index contributed by atoms with van der Waals surface area (Å²) in [5.74, 6) is 1.27. The third kappa shape index (κ3) is 5.01. The van der Waals surface area contributed by atoms with Gasteiger partial charge in [0.2, 0.25) is 0 Å². The molecule has 0 spiro atoms. The van der Waals surface area contributed by atoms with Crippen molar-refractivity contribution in [2.45, 2.75) is 13.5 Å². The zero-order chi connectivity index (χ0) is 25.8. The van der Waals surface area contributed by atoms with Gasteiger partial charge in [0, 0.05) is 40.8 Å². The monoisotopic (exact) mass is 523 g/mol. The molecule has 0 saturated carbocycles. The molecular weight excluding hydrogens is 497 g/mol. The van der Waals surface area contributed by atoms with Gasteiger partial charge in [-0.25, -0.2) is 4.68 Å². The van der Waals surface area contributed by atoms with E-state index in [0.29, 0.717) is 39.3 Å². The van der Waals surface area contributed by atoms with Crippen LogP contribution in [-0.2, 0) is 13.6 Å². The van der Waals surface area contributed by atoms with Crippen LogP contribution in [-0.4, -0.2) is 23.6 Å². The Morgan fingerprint density at radius 2 is 1.64 bits per heavy atom. The number of benzene rings is 3. The standard InChI is InChI=1S/C28H27Cl2N3O3/c1-18-27(28(34)33(32(18)2)20-9-6-5-7-10-20)31-17-23-19(15-21(35-3)16-26(23)36-4)13-14-22-24(29)11-8-12-25(22)30/h5-16,31H,17H2,1-4H3/b14-13+. The fourth-order valence-corrected chi connectivity index (χ4v) is 4.59. The van der Waals surface area contributed by atoms with E-state index in [1.54, 1.807) is 37.1 Å². The average molecular weight is 524 g/mol. The van der Waals surface area contributed by atoms with E-state index in [2.05, 4.69) is 5.32 Å². The summed E-state index contributed by atoms with van der Waals surface area (Å²) >= 11 is 12.7. The van der Waals surface area contributed by atoms with Crippen LogP contribution in [0, 0.1) is 6.92 Å². The molecule has 0 amide bonds. The molecule has 0 aliphatic heterocycles. The number of para-hydroxylation sites is 1. The lowest BCUT2D eigenvalue weighted by atomic mass is 10.0. The van der Waals surface area contributed by atoms with Gasteiger partial charge in [-0.2, -0.15) is 0 Å². The summed E-state index contributed by atoms with van der Waals surface area (Å²) in [6.07, 6.45) is 3.77. The van der Waals surface area contributed by atoms with Crippen molar-refractivity contribution in [3.05, 3.63) is 103 Å². The van der Waals surface area contributed by atoms with Crippen molar-refractivity contribution in [3.8, 4) is 17.2 Å². The molecule has 6 nitrogen and oxygen atoms in total. The maximum atomic E-state index is 13.3. The Morgan fingerprint density at radius 1 is 0.944 bits per heavy atom.